The van der Waals surface area contributed by atoms with E-state index in [0.29, 0.717) is 6.54 Å². The van der Waals surface area contributed by atoms with Crippen LogP contribution in [-0.4, -0.2) is 68.0 Å². The van der Waals surface area contributed by atoms with Crippen LogP contribution in [0.2, 0.25) is 0 Å². The third kappa shape index (κ3) is 4.65. The zero-order chi connectivity index (χ0) is 22.9. The fourth-order valence-corrected chi connectivity index (χ4v) is 5.97. The number of imidazole rings is 1. The number of morpholine rings is 1. The summed E-state index contributed by atoms with van der Waals surface area (Å²) in [6.07, 6.45) is 7.70. The normalized spacial score (nSPS) is 21.9. The maximum atomic E-state index is 10.3. The molecule has 0 radical (unpaired) electrons. The Bertz CT molecular complexity index is 1280. The molecule has 3 aromatic heterocycles. The Balaban J connectivity index is 1.17. The number of nitrogens with zero attached hydrogens (tertiary/aromatic N) is 5. The number of rotatable bonds is 6. The van der Waals surface area contributed by atoms with Crippen molar-refractivity contribution in [3.8, 4) is 0 Å². The van der Waals surface area contributed by atoms with Gasteiger partial charge in [-0.25, -0.2) is 15.0 Å². The highest BCUT2D eigenvalue weighted by molar-refractivity contribution is 7.22. The maximum absolute atomic E-state index is 10.3. The van der Waals surface area contributed by atoms with Crippen LogP contribution in [0.1, 0.15) is 36.8 Å². The maximum Gasteiger partial charge on any atom is 0.184 e. The van der Waals surface area contributed by atoms with Crippen LogP contribution in [0, 0.1) is 0 Å². The van der Waals surface area contributed by atoms with Crippen molar-refractivity contribution in [1.82, 2.24) is 24.4 Å². The first kappa shape index (κ1) is 21.9. The summed E-state index contributed by atoms with van der Waals surface area (Å²) in [7, 11) is 0. The number of nitrogens with one attached hydrogen (secondary N) is 1. The SMILES string of the molecule is OC1CCCCC1Nc1nc2ccc(Cn3cnc4cc(CN5CCOCC5)cnc43)cc2s1. The zero-order valence-electron chi connectivity index (χ0n) is 19.2. The molecule has 1 aliphatic carbocycles. The highest BCUT2D eigenvalue weighted by Crippen LogP contribution is 2.30. The third-order valence-corrected chi connectivity index (χ3v) is 7.82. The van der Waals surface area contributed by atoms with Gasteiger partial charge in [-0.15, -0.1) is 0 Å². The molecule has 2 aliphatic rings. The van der Waals surface area contributed by atoms with Gasteiger partial charge in [0, 0.05) is 25.8 Å². The van der Waals surface area contributed by atoms with Gasteiger partial charge in [-0.2, -0.15) is 0 Å². The Hall–Kier alpha value is -2.59. The van der Waals surface area contributed by atoms with E-state index in [-0.39, 0.29) is 12.1 Å². The molecule has 1 saturated heterocycles. The third-order valence-electron chi connectivity index (χ3n) is 6.87. The first-order valence-corrected chi connectivity index (χ1v) is 13.0. The molecule has 4 heterocycles. The van der Waals surface area contributed by atoms with Crippen molar-refractivity contribution in [2.75, 3.05) is 31.6 Å². The predicted octanol–water partition coefficient (Wildman–Crippen LogP) is 3.64. The minimum absolute atomic E-state index is 0.102. The summed E-state index contributed by atoms with van der Waals surface area (Å²) in [4.78, 5) is 16.5. The molecule has 0 spiro atoms. The lowest BCUT2D eigenvalue weighted by atomic mass is 9.93. The fourth-order valence-electron chi connectivity index (χ4n) is 4.97. The van der Waals surface area contributed by atoms with Gasteiger partial charge in [-0.1, -0.05) is 30.2 Å². The molecule has 1 aliphatic heterocycles. The van der Waals surface area contributed by atoms with Gasteiger partial charge in [0.05, 0.1) is 48.4 Å². The minimum Gasteiger partial charge on any atom is -0.391 e. The lowest BCUT2D eigenvalue weighted by Crippen LogP contribution is -2.36. The Labute approximate surface area is 202 Å². The van der Waals surface area contributed by atoms with E-state index >= 15 is 0 Å². The molecule has 34 heavy (non-hydrogen) atoms. The predicted molar refractivity (Wildman–Crippen MR) is 134 cm³/mol. The van der Waals surface area contributed by atoms with Crippen LogP contribution in [0.5, 0.6) is 0 Å². The molecule has 178 valence electrons. The number of aliphatic hydroxyl groups excluding tert-OH is 1. The van der Waals surface area contributed by atoms with Crippen molar-refractivity contribution in [2.24, 2.45) is 0 Å². The average molecular weight is 479 g/mol. The molecular formula is C25H30N6O2S. The summed E-state index contributed by atoms with van der Waals surface area (Å²) in [5.74, 6) is 0. The van der Waals surface area contributed by atoms with Gasteiger partial charge in [-0.05, 0) is 42.2 Å². The number of aliphatic hydroxyl groups is 1. The monoisotopic (exact) mass is 478 g/mol. The van der Waals surface area contributed by atoms with Gasteiger partial charge in [0.25, 0.3) is 0 Å². The molecule has 0 bridgehead atoms. The molecule has 4 aromatic rings. The topological polar surface area (TPSA) is 88.3 Å². The lowest BCUT2D eigenvalue weighted by Gasteiger charge is -2.27. The molecule has 1 saturated carbocycles. The van der Waals surface area contributed by atoms with Crippen LogP contribution < -0.4 is 5.32 Å². The summed E-state index contributed by atoms with van der Waals surface area (Å²) in [6, 6.07) is 8.66. The largest absolute Gasteiger partial charge is 0.391 e. The second-order valence-corrected chi connectivity index (χ2v) is 10.4. The Morgan fingerprint density at radius 3 is 2.79 bits per heavy atom. The van der Waals surface area contributed by atoms with Crippen LogP contribution in [0.4, 0.5) is 5.13 Å². The van der Waals surface area contributed by atoms with Gasteiger partial charge in [-0.3, -0.25) is 4.90 Å². The quantitative estimate of drug-likeness (QED) is 0.437. The van der Waals surface area contributed by atoms with E-state index < -0.39 is 0 Å². The van der Waals surface area contributed by atoms with Crippen LogP contribution in [0.3, 0.4) is 0 Å². The molecule has 2 fully saturated rings. The molecule has 2 atom stereocenters. The summed E-state index contributed by atoms with van der Waals surface area (Å²) in [5.41, 5.74) is 5.21. The Morgan fingerprint density at radius 2 is 1.91 bits per heavy atom. The zero-order valence-corrected chi connectivity index (χ0v) is 20.0. The van der Waals surface area contributed by atoms with Crippen LogP contribution >= 0.6 is 11.3 Å². The minimum atomic E-state index is -0.285. The first-order chi connectivity index (χ1) is 16.7. The standard InChI is InChI=1S/C25H30N6O2S/c32-22-4-2-1-3-19(22)28-25-29-20-6-5-17(12-23(20)34-25)15-31-16-27-21-11-18(13-26-24(21)31)14-30-7-9-33-10-8-30/h5-6,11-13,16,19,22,32H,1-4,7-10,14-15H2,(H,28,29). The number of benzene rings is 1. The summed E-state index contributed by atoms with van der Waals surface area (Å²) < 4.78 is 8.70. The van der Waals surface area contributed by atoms with Crippen LogP contribution in [0.15, 0.2) is 36.8 Å². The lowest BCUT2D eigenvalue weighted by molar-refractivity contribution is 0.0341. The number of pyridine rings is 1. The second-order valence-electron chi connectivity index (χ2n) is 9.37. The summed E-state index contributed by atoms with van der Waals surface area (Å²) in [5, 5.41) is 14.6. The Kier molecular flexibility index (Phi) is 6.17. The molecule has 2 unspecified atom stereocenters. The van der Waals surface area contributed by atoms with Crippen LogP contribution in [-0.2, 0) is 17.8 Å². The first-order valence-electron chi connectivity index (χ1n) is 12.2. The fraction of sp³-hybridized carbons (Fsp3) is 0.480. The van der Waals surface area contributed by atoms with E-state index in [1.807, 2.05) is 12.5 Å². The van der Waals surface area contributed by atoms with Crippen molar-refractivity contribution in [3.05, 3.63) is 47.9 Å². The van der Waals surface area contributed by atoms with Gasteiger partial charge in [0.2, 0.25) is 0 Å². The van der Waals surface area contributed by atoms with E-state index in [0.717, 1.165) is 85.0 Å². The van der Waals surface area contributed by atoms with Gasteiger partial charge in [0.15, 0.2) is 10.8 Å². The van der Waals surface area contributed by atoms with Crippen LogP contribution in [0.25, 0.3) is 21.4 Å². The Morgan fingerprint density at radius 1 is 1.03 bits per heavy atom. The second kappa shape index (κ2) is 9.58. The van der Waals surface area contributed by atoms with Gasteiger partial charge < -0.3 is 19.7 Å². The average Bonchev–Trinajstić information content (AvgIpc) is 3.44. The van der Waals surface area contributed by atoms with Crippen molar-refractivity contribution in [1.29, 1.82) is 0 Å². The molecule has 9 heteroatoms. The van der Waals surface area contributed by atoms with E-state index in [1.165, 1.54) is 11.1 Å². The number of hydrogen-bond acceptors (Lipinski definition) is 8. The number of fused-ring (bicyclic) bond motifs is 2. The van der Waals surface area contributed by atoms with Crippen molar-refractivity contribution < 1.29 is 9.84 Å². The number of anilines is 1. The van der Waals surface area contributed by atoms with E-state index in [9.17, 15) is 5.11 Å². The molecule has 1 aromatic carbocycles. The van der Waals surface area contributed by atoms with Crippen molar-refractivity contribution in [3.63, 3.8) is 0 Å². The molecule has 0 amide bonds. The van der Waals surface area contributed by atoms with Crippen molar-refractivity contribution in [2.45, 2.75) is 50.9 Å². The number of thiazole rings is 1. The molecular weight excluding hydrogens is 448 g/mol. The molecule has 8 nitrogen and oxygen atoms in total. The molecule has 6 rings (SSSR count). The highest BCUT2D eigenvalue weighted by atomic mass is 32.1. The number of ether oxygens (including phenoxy) is 1. The van der Waals surface area contributed by atoms with Gasteiger partial charge in [0.1, 0.15) is 5.52 Å². The smallest absolute Gasteiger partial charge is 0.184 e. The summed E-state index contributed by atoms with van der Waals surface area (Å²) in [6.45, 7) is 5.12. The highest BCUT2D eigenvalue weighted by Gasteiger charge is 2.23. The molecule has 2 N–H and O–H groups in total. The van der Waals surface area contributed by atoms with E-state index in [2.05, 4.69) is 44.0 Å². The van der Waals surface area contributed by atoms with Crippen molar-refractivity contribution >= 4 is 37.8 Å². The summed E-state index contributed by atoms with van der Waals surface area (Å²) >= 11 is 1.65. The van der Waals surface area contributed by atoms with E-state index in [1.54, 1.807) is 11.3 Å². The van der Waals surface area contributed by atoms with Gasteiger partial charge >= 0.3 is 0 Å². The van der Waals surface area contributed by atoms with E-state index in [4.69, 9.17) is 14.7 Å². The number of aromatic nitrogens is 4. The number of hydrogen-bond donors (Lipinski definition) is 2.